The number of halogens is 1. The van der Waals surface area contributed by atoms with Crippen LogP contribution in [0.25, 0.3) is 0 Å². The van der Waals surface area contributed by atoms with Crippen LogP contribution in [0, 0.1) is 0 Å². The molecule has 7 nitrogen and oxygen atoms in total. The van der Waals surface area contributed by atoms with Crippen LogP contribution >= 0.6 is 11.6 Å². The van der Waals surface area contributed by atoms with Crippen LogP contribution < -0.4 is 15.4 Å². The predicted molar refractivity (Wildman–Crippen MR) is 105 cm³/mol. The zero-order valence-electron chi connectivity index (χ0n) is 15.4. The number of carbonyl (C=O) groups excluding carboxylic acids is 3. The first-order valence-electron chi connectivity index (χ1n) is 8.72. The minimum absolute atomic E-state index is 0.156. The summed E-state index contributed by atoms with van der Waals surface area (Å²) in [6, 6.07) is 13.1. The summed E-state index contributed by atoms with van der Waals surface area (Å²) in [5.41, 5.74) is 1.22. The topological polar surface area (TPSA) is 93.7 Å². The molecule has 0 unspecified atom stereocenters. The molecule has 0 aliphatic heterocycles. The van der Waals surface area contributed by atoms with E-state index in [0.717, 1.165) is 5.56 Å². The van der Waals surface area contributed by atoms with Gasteiger partial charge in [-0.25, -0.2) is 4.79 Å². The van der Waals surface area contributed by atoms with E-state index in [1.54, 1.807) is 25.1 Å². The van der Waals surface area contributed by atoms with Gasteiger partial charge in [-0.3, -0.25) is 9.59 Å². The van der Waals surface area contributed by atoms with Crippen LogP contribution in [0.2, 0.25) is 5.02 Å². The molecule has 0 saturated heterocycles. The van der Waals surface area contributed by atoms with Gasteiger partial charge in [-0.2, -0.15) is 0 Å². The van der Waals surface area contributed by atoms with E-state index >= 15 is 0 Å². The second kappa shape index (κ2) is 10.9. The quantitative estimate of drug-likeness (QED) is 0.401. The Labute approximate surface area is 168 Å². The predicted octanol–water partition coefficient (Wildman–Crippen LogP) is 2.96. The number of hydrogen-bond acceptors (Lipinski definition) is 5. The van der Waals surface area contributed by atoms with Crippen LogP contribution in [-0.2, 0) is 16.0 Å². The second-order valence-corrected chi connectivity index (χ2v) is 6.16. The SMILES string of the molecule is CCOC(=O)Oc1ccc(C(=O)NCCNC(=O)Cc2cccc(Cl)c2)cc1. The van der Waals surface area contributed by atoms with Gasteiger partial charge in [0, 0.05) is 23.7 Å². The van der Waals surface area contributed by atoms with E-state index in [1.165, 1.54) is 24.3 Å². The molecule has 0 fully saturated rings. The summed E-state index contributed by atoms with van der Waals surface area (Å²) in [7, 11) is 0. The lowest BCUT2D eigenvalue weighted by Crippen LogP contribution is -2.35. The molecule has 0 aliphatic carbocycles. The Morgan fingerprint density at radius 1 is 1.00 bits per heavy atom. The molecular weight excluding hydrogens is 384 g/mol. The second-order valence-electron chi connectivity index (χ2n) is 5.72. The van der Waals surface area contributed by atoms with Crippen molar-refractivity contribution < 1.29 is 23.9 Å². The number of benzene rings is 2. The Kier molecular flexibility index (Phi) is 8.30. The molecule has 0 radical (unpaired) electrons. The molecule has 0 spiro atoms. The fourth-order valence-electron chi connectivity index (χ4n) is 2.29. The van der Waals surface area contributed by atoms with Crippen LogP contribution in [0.4, 0.5) is 4.79 Å². The third-order valence-electron chi connectivity index (χ3n) is 3.57. The van der Waals surface area contributed by atoms with Gasteiger partial charge in [0.1, 0.15) is 5.75 Å². The fourth-order valence-corrected chi connectivity index (χ4v) is 2.51. The molecule has 2 rings (SSSR count). The van der Waals surface area contributed by atoms with E-state index in [2.05, 4.69) is 15.4 Å². The van der Waals surface area contributed by atoms with Crippen molar-refractivity contribution in [1.29, 1.82) is 0 Å². The van der Waals surface area contributed by atoms with E-state index in [-0.39, 0.29) is 37.1 Å². The van der Waals surface area contributed by atoms with Crippen LogP contribution in [0.1, 0.15) is 22.8 Å². The van der Waals surface area contributed by atoms with E-state index < -0.39 is 6.16 Å². The Morgan fingerprint density at radius 2 is 1.71 bits per heavy atom. The standard InChI is InChI=1S/C20H21ClN2O5/c1-2-27-20(26)28-17-8-6-15(7-9-17)19(25)23-11-10-22-18(24)13-14-4-3-5-16(21)12-14/h3-9,12H,2,10-11,13H2,1H3,(H,22,24)(H,23,25). The van der Waals surface area contributed by atoms with Gasteiger partial charge in [-0.1, -0.05) is 23.7 Å². The van der Waals surface area contributed by atoms with Crippen molar-refractivity contribution in [3.05, 3.63) is 64.7 Å². The normalized spacial score (nSPS) is 10.1. The average Bonchev–Trinajstić information content (AvgIpc) is 2.66. The first-order chi connectivity index (χ1) is 13.5. The van der Waals surface area contributed by atoms with Gasteiger partial charge in [0.05, 0.1) is 13.0 Å². The van der Waals surface area contributed by atoms with Crippen LogP contribution in [0.15, 0.2) is 48.5 Å². The lowest BCUT2D eigenvalue weighted by Gasteiger charge is -2.08. The van der Waals surface area contributed by atoms with Crippen molar-refractivity contribution in [2.24, 2.45) is 0 Å². The zero-order valence-corrected chi connectivity index (χ0v) is 16.1. The molecule has 2 aromatic carbocycles. The first kappa shape index (κ1) is 21.2. The Bertz CT molecular complexity index is 824. The summed E-state index contributed by atoms with van der Waals surface area (Å²) in [5.74, 6) is -0.174. The van der Waals surface area contributed by atoms with E-state index in [0.29, 0.717) is 17.1 Å². The minimum Gasteiger partial charge on any atom is -0.434 e. The summed E-state index contributed by atoms with van der Waals surface area (Å²) in [6.07, 6.45) is -0.579. The van der Waals surface area contributed by atoms with Crippen molar-refractivity contribution >= 4 is 29.6 Å². The van der Waals surface area contributed by atoms with E-state index in [1.807, 2.05) is 6.07 Å². The van der Waals surface area contributed by atoms with Gasteiger partial charge >= 0.3 is 6.16 Å². The van der Waals surface area contributed by atoms with E-state index in [4.69, 9.17) is 16.3 Å². The first-order valence-corrected chi connectivity index (χ1v) is 9.09. The van der Waals surface area contributed by atoms with Crippen molar-refractivity contribution in [2.45, 2.75) is 13.3 Å². The average molecular weight is 405 g/mol. The van der Waals surface area contributed by atoms with Gasteiger partial charge in [0.2, 0.25) is 5.91 Å². The number of amides is 2. The fraction of sp³-hybridized carbons (Fsp3) is 0.250. The number of rotatable bonds is 8. The summed E-state index contributed by atoms with van der Waals surface area (Å²) in [4.78, 5) is 35.2. The molecule has 0 atom stereocenters. The third kappa shape index (κ3) is 7.28. The molecule has 2 amide bonds. The van der Waals surface area contributed by atoms with Crippen LogP contribution in [0.3, 0.4) is 0 Å². The molecule has 0 heterocycles. The van der Waals surface area contributed by atoms with Gasteiger partial charge < -0.3 is 20.1 Å². The highest BCUT2D eigenvalue weighted by Gasteiger charge is 2.08. The molecule has 0 aromatic heterocycles. The monoisotopic (exact) mass is 404 g/mol. The largest absolute Gasteiger partial charge is 0.513 e. The van der Waals surface area contributed by atoms with E-state index in [9.17, 15) is 14.4 Å². The number of ether oxygens (including phenoxy) is 2. The maximum Gasteiger partial charge on any atom is 0.513 e. The van der Waals surface area contributed by atoms with Gasteiger partial charge in [-0.15, -0.1) is 0 Å². The molecular formula is C20H21ClN2O5. The molecule has 0 saturated carbocycles. The lowest BCUT2D eigenvalue weighted by molar-refractivity contribution is -0.120. The van der Waals surface area contributed by atoms with Crippen molar-refractivity contribution in [2.75, 3.05) is 19.7 Å². The highest BCUT2D eigenvalue weighted by molar-refractivity contribution is 6.30. The van der Waals surface area contributed by atoms with Gasteiger partial charge in [0.15, 0.2) is 0 Å². The zero-order chi connectivity index (χ0) is 20.4. The highest BCUT2D eigenvalue weighted by atomic mass is 35.5. The Morgan fingerprint density at radius 3 is 2.39 bits per heavy atom. The number of carbonyl (C=O) groups is 3. The van der Waals surface area contributed by atoms with Crippen LogP contribution in [-0.4, -0.2) is 37.7 Å². The van der Waals surface area contributed by atoms with Crippen molar-refractivity contribution in [3.8, 4) is 5.75 Å². The summed E-state index contributed by atoms with van der Waals surface area (Å²) >= 11 is 5.89. The van der Waals surface area contributed by atoms with Gasteiger partial charge in [-0.05, 0) is 48.9 Å². The van der Waals surface area contributed by atoms with Crippen LogP contribution in [0.5, 0.6) is 5.75 Å². The molecule has 2 N–H and O–H groups in total. The molecule has 28 heavy (non-hydrogen) atoms. The van der Waals surface area contributed by atoms with Crippen molar-refractivity contribution in [3.63, 3.8) is 0 Å². The maximum absolute atomic E-state index is 12.1. The molecule has 2 aromatic rings. The lowest BCUT2D eigenvalue weighted by atomic mass is 10.1. The summed E-state index contributed by atoms with van der Waals surface area (Å²) < 4.78 is 9.59. The smallest absolute Gasteiger partial charge is 0.434 e. The Balaban J connectivity index is 1.70. The summed E-state index contributed by atoms with van der Waals surface area (Å²) in [5, 5.41) is 6.01. The minimum atomic E-state index is -0.798. The molecule has 0 aliphatic rings. The van der Waals surface area contributed by atoms with Gasteiger partial charge in [0.25, 0.3) is 5.91 Å². The third-order valence-corrected chi connectivity index (χ3v) is 3.80. The number of nitrogens with one attached hydrogen (secondary N) is 2. The maximum atomic E-state index is 12.1. The molecule has 0 bridgehead atoms. The molecule has 8 heteroatoms. The molecule has 148 valence electrons. The summed E-state index contributed by atoms with van der Waals surface area (Å²) in [6.45, 7) is 2.47. The highest BCUT2D eigenvalue weighted by Crippen LogP contribution is 2.13. The number of hydrogen-bond donors (Lipinski definition) is 2. The Hall–Kier alpha value is -3.06. The van der Waals surface area contributed by atoms with Crippen molar-refractivity contribution in [1.82, 2.24) is 10.6 Å².